The van der Waals surface area contributed by atoms with Crippen LogP contribution in [0.15, 0.2) is 29.1 Å². The number of hydrogen-bond donors (Lipinski definition) is 1. The van der Waals surface area contributed by atoms with Gasteiger partial charge in [0, 0.05) is 4.88 Å². The van der Waals surface area contributed by atoms with Gasteiger partial charge in [-0.15, -0.1) is 11.3 Å². The average molecular weight is 340 g/mol. The summed E-state index contributed by atoms with van der Waals surface area (Å²) in [6.45, 7) is 0. The second-order valence-corrected chi connectivity index (χ2v) is 7.16. The number of H-pyrrole nitrogens is 1. The number of aromatic nitrogens is 2. The van der Waals surface area contributed by atoms with Crippen LogP contribution in [0.2, 0.25) is 0 Å². The van der Waals surface area contributed by atoms with Crippen LogP contribution < -0.4 is 5.56 Å². The highest BCUT2D eigenvalue weighted by Gasteiger charge is 2.18. The van der Waals surface area contributed by atoms with Crippen molar-refractivity contribution < 1.29 is 4.39 Å². The number of aromatic amines is 1. The maximum Gasteiger partial charge on any atom is 0.260 e. The molecule has 0 bridgehead atoms. The zero-order valence-corrected chi connectivity index (χ0v) is 14.0. The SMILES string of the molecule is O=c1[nH]c(/C=C/c2ccc(F)cc2)nc2sc3c(c12)CCCCC3. The normalized spacial score (nSPS) is 14.9. The summed E-state index contributed by atoms with van der Waals surface area (Å²) in [6, 6.07) is 6.20. The second kappa shape index (κ2) is 6.32. The van der Waals surface area contributed by atoms with Gasteiger partial charge in [0.2, 0.25) is 0 Å². The van der Waals surface area contributed by atoms with Crippen molar-refractivity contribution in [2.45, 2.75) is 32.1 Å². The fourth-order valence-corrected chi connectivity index (χ4v) is 4.45. The number of halogens is 1. The Kier molecular flexibility index (Phi) is 4.02. The van der Waals surface area contributed by atoms with Crippen molar-refractivity contribution in [1.82, 2.24) is 9.97 Å². The first-order chi connectivity index (χ1) is 11.7. The van der Waals surface area contributed by atoms with Gasteiger partial charge >= 0.3 is 0 Å². The zero-order valence-electron chi connectivity index (χ0n) is 13.1. The number of thiophene rings is 1. The molecule has 0 saturated carbocycles. The van der Waals surface area contributed by atoms with E-state index in [0.29, 0.717) is 5.82 Å². The van der Waals surface area contributed by atoms with Crippen LogP contribution in [0, 0.1) is 5.82 Å². The van der Waals surface area contributed by atoms with E-state index in [9.17, 15) is 9.18 Å². The van der Waals surface area contributed by atoms with E-state index < -0.39 is 0 Å². The molecule has 2 heterocycles. The Morgan fingerprint density at radius 2 is 1.88 bits per heavy atom. The molecule has 0 fully saturated rings. The fourth-order valence-electron chi connectivity index (χ4n) is 3.19. The van der Waals surface area contributed by atoms with E-state index in [0.717, 1.165) is 35.0 Å². The van der Waals surface area contributed by atoms with Gasteiger partial charge in [-0.2, -0.15) is 0 Å². The molecule has 5 heteroatoms. The van der Waals surface area contributed by atoms with Gasteiger partial charge in [-0.1, -0.05) is 24.6 Å². The van der Waals surface area contributed by atoms with Crippen LogP contribution in [0.5, 0.6) is 0 Å². The lowest BCUT2D eigenvalue weighted by atomic mass is 10.1. The summed E-state index contributed by atoms with van der Waals surface area (Å²) in [5.41, 5.74) is 2.01. The molecule has 1 N–H and O–H groups in total. The van der Waals surface area contributed by atoms with Gasteiger partial charge in [-0.05, 0) is 55.0 Å². The van der Waals surface area contributed by atoms with Crippen LogP contribution in [0.3, 0.4) is 0 Å². The minimum Gasteiger partial charge on any atom is -0.306 e. The molecule has 0 saturated heterocycles. The Morgan fingerprint density at radius 3 is 2.71 bits per heavy atom. The number of hydrogen-bond acceptors (Lipinski definition) is 3. The summed E-state index contributed by atoms with van der Waals surface area (Å²) in [4.78, 5) is 22.1. The van der Waals surface area contributed by atoms with Crippen molar-refractivity contribution in [2.75, 3.05) is 0 Å². The molecule has 1 aliphatic rings. The molecule has 1 aromatic carbocycles. The Morgan fingerprint density at radius 1 is 1.08 bits per heavy atom. The van der Waals surface area contributed by atoms with Crippen molar-refractivity contribution in [1.29, 1.82) is 0 Å². The van der Waals surface area contributed by atoms with Gasteiger partial charge in [0.05, 0.1) is 5.39 Å². The van der Waals surface area contributed by atoms with E-state index in [1.165, 1.54) is 35.4 Å². The monoisotopic (exact) mass is 340 g/mol. The Bertz CT molecular complexity index is 969. The molecule has 24 heavy (non-hydrogen) atoms. The molecule has 0 amide bonds. The van der Waals surface area contributed by atoms with Crippen LogP contribution in [-0.2, 0) is 12.8 Å². The molecule has 4 rings (SSSR count). The maximum atomic E-state index is 12.9. The highest BCUT2D eigenvalue weighted by molar-refractivity contribution is 7.18. The lowest BCUT2D eigenvalue weighted by Gasteiger charge is -1.98. The van der Waals surface area contributed by atoms with Crippen molar-refractivity contribution >= 4 is 33.7 Å². The average Bonchev–Trinajstić information content (AvgIpc) is 2.76. The molecule has 0 atom stereocenters. The molecule has 2 aromatic heterocycles. The third-order valence-corrected chi connectivity index (χ3v) is 5.58. The molecule has 0 unspecified atom stereocenters. The molecule has 1 aliphatic carbocycles. The van der Waals surface area contributed by atoms with E-state index in [-0.39, 0.29) is 11.4 Å². The van der Waals surface area contributed by atoms with Crippen molar-refractivity contribution in [3.8, 4) is 0 Å². The quantitative estimate of drug-likeness (QED) is 0.695. The van der Waals surface area contributed by atoms with Crippen molar-refractivity contribution in [2.24, 2.45) is 0 Å². The first-order valence-electron chi connectivity index (χ1n) is 8.19. The Balaban J connectivity index is 1.73. The van der Waals surface area contributed by atoms with Crippen LogP contribution in [0.25, 0.3) is 22.4 Å². The van der Waals surface area contributed by atoms with E-state index in [1.54, 1.807) is 29.5 Å². The smallest absolute Gasteiger partial charge is 0.260 e. The summed E-state index contributed by atoms with van der Waals surface area (Å²) >= 11 is 1.65. The Labute approximate surface area is 142 Å². The molecule has 0 radical (unpaired) electrons. The maximum absolute atomic E-state index is 12.9. The molecule has 3 nitrogen and oxygen atoms in total. The van der Waals surface area contributed by atoms with E-state index in [1.807, 2.05) is 6.08 Å². The number of nitrogens with zero attached hydrogens (tertiary/aromatic N) is 1. The molecule has 0 spiro atoms. The number of rotatable bonds is 2. The number of aryl methyl sites for hydroxylation is 2. The minimum atomic E-state index is -0.264. The van der Waals surface area contributed by atoms with Gasteiger partial charge in [0.25, 0.3) is 5.56 Å². The largest absolute Gasteiger partial charge is 0.306 e. The van der Waals surface area contributed by atoms with Gasteiger partial charge in [-0.3, -0.25) is 4.79 Å². The third-order valence-electron chi connectivity index (χ3n) is 4.40. The number of fused-ring (bicyclic) bond motifs is 3. The van der Waals surface area contributed by atoms with Gasteiger partial charge < -0.3 is 4.98 Å². The van der Waals surface area contributed by atoms with E-state index in [4.69, 9.17) is 0 Å². The topological polar surface area (TPSA) is 45.8 Å². The fraction of sp³-hybridized carbons (Fsp3) is 0.263. The molecule has 0 aliphatic heterocycles. The molecule has 3 aromatic rings. The number of nitrogens with one attached hydrogen (secondary N) is 1. The molecular formula is C19H17FN2OS. The lowest BCUT2D eigenvalue weighted by molar-refractivity contribution is 0.628. The summed E-state index contributed by atoms with van der Waals surface area (Å²) < 4.78 is 12.9. The van der Waals surface area contributed by atoms with E-state index >= 15 is 0 Å². The van der Waals surface area contributed by atoms with Crippen molar-refractivity contribution in [3.63, 3.8) is 0 Å². The second-order valence-electron chi connectivity index (χ2n) is 6.08. The Hall–Kier alpha value is -2.27. The van der Waals surface area contributed by atoms with Gasteiger partial charge in [0.15, 0.2) is 0 Å². The third kappa shape index (κ3) is 2.91. The van der Waals surface area contributed by atoms with Gasteiger partial charge in [-0.25, -0.2) is 9.37 Å². The summed E-state index contributed by atoms with van der Waals surface area (Å²) in [5.74, 6) is 0.272. The predicted octanol–water partition coefficient (Wildman–Crippen LogP) is 4.56. The molecule has 122 valence electrons. The summed E-state index contributed by atoms with van der Waals surface area (Å²) in [5, 5.41) is 0.774. The first kappa shape index (κ1) is 15.3. The summed E-state index contributed by atoms with van der Waals surface area (Å²) in [6.07, 6.45) is 9.18. The summed E-state index contributed by atoms with van der Waals surface area (Å²) in [7, 11) is 0. The van der Waals surface area contributed by atoms with Crippen LogP contribution in [-0.4, -0.2) is 9.97 Å². The lowest BCUT2D eigenvalue weighted by Crippen LogP contribution is -2.10. The zero-order chi connectivity index (χ0) is 16.5. The van der Waals surface area contributed by atoms with Crippen LogP contribution in [0.4, 0.5) is 4.39 Å². The standard InChI is InChI=1S/C19H17FN2OS/c20-13-9-6-12(7-10-13)8-11-16-21-18(23)17-14-4-2-1-3-5-15(14)24-19(17)22-16/h6-11H,1-5H2,(H,21,22,23)/b11-8+. The highest BCUT2D eigenvalue weighted by Crippen LogP contribution is 2.32. The molecular weight excluding hydrogens is 323 g/mol. The van der Waals surface area contributed by atoms with E-state index in [2.05, 4.69) is 9.97 Å². The van der Waals surface area contributed by atoms with Gasteiger partial charge in [0.1, 0.15) is 16.5 Å². The first-order valence-corrected chi connectivity index (χ1v) is 9.00. The highest BCUT2D eigenvalue weighted by atomic mass is 32.1. The minimum absolute atomic E-state index is 0.0573. The van der Waals surface area contributed by atoms with Crippen molar-refractivity contribution in [3.05, 3.63) is 62.3 Å². The van der Waals surface area contributed by atoms with Crippen LogP contribution in [0.1, 0.15) is 41.1 Å². The predicted molar refractivity (Wildman–Crippen MR) is 96.8 cm³/mol. The number of benzene rings is 1. The van der Waals surface area contributed by atoms with Crippen LogP contribution >= 0.6 is 11.3 Å².